The first-order chi connectivity index (χ1) is 9.29. The smallest absolute Gasteiger partial charge is 0.410 e. The van der Waals surface area contributed by atoms with Crippen LogP contribution in [0.3, 0.4) is 0 Å². The monoisotopic (exact) mass is 296 g/mol. The molecule has 1 aliphatic rings. The van der Waals surface area contributed by atoms with E-state index in [1.807, 2.05) is 45.0 Å². The van der Waals surface area contributed by atoms with Crippen LogP contribution in [0.2, 0.25) is 5.02 Å². The normalized spacial score (nSPS) is 22.9. The predicted octanol–water partition coefficient (Wildman–Crippen LogP) is 3.35. The van der Waals surface area contributed by atoms with Gasteiger partial charge in [-0.2, -0.15) is 0 Å². The molecule has 1 aromatic rings. The number of amides is 1. The average molecular weight is 297 g/mol. The molecule has 1 saturated heterocycles. The van der Waals surface area contributed by atoms with Gasteiger partial charge in [-0.25, -0.2) is 4.79 Å². The summed E-state index contributed by atoms with van der Waals surface area (Å²) in [4.78, 5) is 14.0. The van der Waals surface area contributed by atoms with Crippen molar-refractivity contribution >= 4 is 17.7 Å². The van der Waals surface area contributed by atoms with Gasteiger partial charge >= 0.3 is 6.09 Å². The van der Waals surface area contributed by atoms with Crippen LogP contribution in [-0.4, -0.2) is 29.2 Å². The van der Waals surface area contributed by atoms with Crippen LogP contribution in [0.25, 0.3) is 0 Å². The Labute approximate surface area is 124 Å². The lowest BCUT2D eigenvalue weighted by atomic mass is 10.0. The van der Waals surface area contributed by atoms with Crippen LogP contribution >= 0.6 is 11.6 Å². The average Bonchev–Trinajstić information content (AvgIpc) is 2.70. The molecule has 1 aliphatic heterocycles. The molecule has 5 heteroatoms. The van der Waals surface area contributed by atoms with Crippen LogP contribution in [0.5, 0.6) is 0 Å². The Morgan fingerprint density at radius 2 is 2.05 bits per heavy atom. The Morgan fingerprint density at radius 1 is 1.40 bits per heavy atom. The van der Waals surface area contributed by atoms with Gasteiger partial charge in [0, 0.05) is 17.6 Å². The van der Waals surface area contributed by atoms with E-state index in [1.54, 1.807) is 4.90 Å². The molecule has 1 heterocycles. The van der Waals surface area contributed by atoms with Crippen LogP contribution in [0.15, 0.2) is 24.3 Å². The Bertz CT molecular complexity index is 499. The van der Waals surface area contributed by atoms with E-state index in [0.717, 1.165) is 12.0 Å². The highest BCUT2D eigenvalue weighted by molar-refractivity contribution is 6.31. The van der Waals surface area contributed by atoms with Crippen LogP contribution in [0.4, 0.5) is 4.79 Å². The van der Waals surface area contributed by atoms with Gasteiger partial charge in [0.2, 0.25) is 0 Å². The molecule has 20 heavy (non-hydrogen) atoms. The molecule has 1 amide bonds. The first-order valence-corrected chi connectivity index (χ1v) is 7.17. The molecule has 0 unspecified atom stereocenters. The van der Waals surface area contributed by atoms with E-state index in [0.29, 0.717) is 11.6 Å². The molecule has 2 N–H and O–H groups in total. The molecule has 0 aromatic heterocycles. The summed E-state index contributed by atoms with van der Waals surface area (Å²) in [6.45, 7) is 6.15. The van der Waals surface area contributed by atoms with Crippen molar-refractivity contribution < 1.29 is 9.53 Å². The van der Waals surface area contributed by atoms with Crippen molar-refractivity contribution in [1.29, 1.82) is 0 Å². The summed E-state index contributed by atoms with van der Waals surface area (Å²) in [6, 6.07) is 7.15. The second-order valence-electron chi connectivity index (χ2n) is 6.09. The summed E-state index contributed by atoms with van der Waals surface area (Å²) in [5, 5.41) is 0.628. The van der Waals surface area contributed by atoms with Crippen molar-refractivity contribution in [3.8, 4) is 0 Å². The minimum atomic E-state index is -0.519. The molecular formula is C15H21ClN2O2. The van der Waals surface area contributed by atoms with Gasteiger partial charge in [0.25, 0.3) is 0 Å². The number of hydrogen-bond donors (Lipinski definition) is 1. The van der Waals surface area contributed by atoms with Crippen molar-refractivity contribution in [2.24, 2.45) is 5.73 Å². The Morgan fingerprint density at radius 3 is 2.65 bits per heavy atom. The third-order valence-electron chi connectivity index (χ3n) is 3.30. The highest BCUT2D eigenvalue weighted by Crippen LogP contribution is 2.35. The van der Waals surface area contributed by atoms with Gasteiger partial charge < -0.3 is 10.5 Å². The number of hydrogen-bond acceptors (Lipinski definition) is 3. The Kier molecular flexibility index (Phi) is 4.25. The summed E-state index contributed by atoms with van der Waals surface area (Å²) < 4.78 is 5.45. The van der Waals surface area contributed by atoms with E-state index >= 15 is 0 Å². The minimum Gasteiger partial charge on any atom is -0.444 e. The molecule has 0 saturated carbocycles. The van der Waals surface area contributed by atoms with E-state index in [4.69, 9.17) is 22.1 Å². The first-order valence-electron chi connectivity index (χ1n) is 6.79. The number of rotatable bonds is 1. The molecule has 0 spiro atoms. The number of carbonyl (C=O) groups is 1. The maximum Gasteiger partial charge on any atom is 0.410 e. The van der Waals surface area contributed by atoms with E-state index < -0.39 is 5.60 Å². The minimum absolute atomic E-state index is 0.123. The maximum atomic E-state index is 12.3. The van der Waals surface area contributed by atoms with Crippen molar-refractivity contribution in [3.63, 3.8) is 0 Å². The molecule has 110 valence electrons. The van der Waals surface area contributed by atoms with Gasteiger partial charge in [-0.3, -0.25) is 4.90 Å². The van der Waals surface area contributed by atoms with Gasteiger partial charge in [-0.05, 0) is 38.8 Å². The number of likely N-dealkylation sites (tertiary alicyclic amines) is 1. The molecule has 0 aliphatic carbocycles. The van der Waals surface area contributed by atoms with Gasteiger partial charge in [-0.15, -0.1) is 0 Å². The fourth-order valence-electron chi connectivity index (χ4n) is 2.46. The van der Waals surface area contributed by atoms with Gasteiger partial charge in [-0.1, -0.05) is 29.8 Å². The lowest BCUT2D eigenvalue weighted by molar-refractivity contribution is 0.0218. The van der Waals surface area contributed by atoms with E-state index in [2.05, 4.69) is 0 Å². The van der Waals surface area contributed by atoms with Crippen LogP contribution in [-0.2, 0) is 4.74 Å². The van der Waals surface area contributed by atoms with Crippen molar-refractivity contribution in [2.45, 2.75) is 44.9 Å². The Balaban J connectivity index is 2.26. The van der Waals surface area contributed by atoms with E-state index in [-0.39, 0.29) is 18.2 Å². The fourth-order valence-corrected chi connectivity index (χ4v) is 2.70. The second-order valence-corrected chi connectivity index (χ2v) is 6.50. The van der Waals surface area contributed by atoms with E-state index in [1.165, 1.54) is 0 Å². The lowest BCUT2D eigenvalue weighted by Crippen LogP contribution is -2.39. The zero-order valence-electron chi connectivity index (χ0n) is 12.1. The maximum absolute atomic E-state index is 12.3. The topological polar surface area (TPSA) is 55.6 Å². The summed E-state index contributed by atoms with van der Waals surface area (Å²) in [5.74, 6) is 0. The highest BCUT2D eigenvalue weighted by atomic mass is 35.5. The quantitative estimate of drug-likeness (QED) is 0.864. The standard InChI is InChI=1S/C15H21ClN2O2/c1-15(2,3)20-14(19)18-9-8-12(17)13(18)10-6-4-5-7-11(10)16/h4-7,12-13H,8-9,17H2,1-3H3/t12-,13+/m0/s1. The summed E-state index contributed by atoms with van der Waals surface area (Å²) in [7, 11) is 0. The lowest BCUT2D eigenvalue weighted by Gasteiger charge is -2.30. The second kappa shape index (κ2) is 5.62. The molecule has 2 atom stereocenters. The van der Waals surface area contributed by atoms with Crippen molar-refractivity contribution in [2.75, 3.05) is 6.54 Å². The zero-order chi connectivity index (χ0) is 14.9. The number of benzene rings is 1. The van der Waals surface area contributed by atoms with E-state index in [9.17, 15) is 4.79 Å². The van der Waals surface area contributed by atoms with Gasteiger partial charge in [0.15, 0.2) is 0 Å². The summed E-state index contributed by atoms with van der Waals surface area (Å²) in [5.41, 5.74) is 6.52. The molecule has 1 fully saturated rings. The number of nitrogens with two attached hydrogens (primary N) is 1. The Hall–Kier alpha value is -1.26. The number of ether oxygens (including phenoxy) is 1. The largest absolute Gasteiger partial charge is 0.444 e. The zero-order valence-corrected chi connectivity index (χ0v) is 12.9. The van der Waals surface area contributed by atoms with Crippen LogP contribution in [0.1, 0.15) is 38.8 Å². The van der Waals surface area contributed by atoms with Crippen LogP contribution < -0.4 is 5.73 Å². The number of carbonyl (C=O) groups excluding carboxylic acids is 1. The molecular weight excluding hydrogens is 276 g/mol. The number of nitrogens with zero attached hydrogens (tertiary/aromatic N) is 1. The first kappa shape index (κ1) is 15.1. The third kappa shape index (κ3) is 3.25. The predicted molar refractivity (Wildman–Crippen MR) is 79.7 cm³/mol. The van der Waals surface area contributed by atoms with Gasteiger partial charge in [0.05, 0.1) is 6.04 Å². The molecule has 1 aromatic carbocycles. The highest BCUT2D eigenvalue weighted by Gasteiger charge is 2.39. The molecule has 4 nitrogen and oxygen atoms in total. The number of halogens is 1. The van der Waals surface area contributed by atoms with Gasteiger partial charge in [0.1, 0.15) is 5.60 Å². The SMILES string of the molecule is CC(C)(C)OC(=O)N1CC[C@H](N)[C@H]1c1ccccc1Cl. The fraction of sp³-hybridized carbons (Fsp3) is 0.533. The van der Waals surface area contributed by atoms with Crippen molar-refractivity contribution in [1.82, 2.24) is 4.90 Å². The molecule has 2 rings (SSSR count). The summed E-state index contributed by atoms with van der Waals surface area (Å²) >= 11 is 6.24. The third-order valence-corrected chi connectivity index (χ3v) is 3.64. The summed E-state index contributed by atoms with van der Waals surface area (Å²) in [6.07, 6.45) is 0.408. The van der Waals surface area contributed by atoms with Crippen LogP contribution in [0, 0.1) is 0 Å². The molecule has 0 bridgehead atoms. The van der Waals surface area contributed by atoms with Crippen molar-refractivity contribution in [3.05, 3.63) is 34.9 Å². The molecule has 0 radical (unpaired) electrons.